The molecule has 0 aromatic heterocycles. The van der Waals surface area contributed by atoms with E-state index in [2.05, 4.69) is 19.2 Å². The van der Waals surface area contributed by atoms with E-state index >= 15 is 0 Å². The van der Waals surface area contributed by atoms with Crippen molar-refractivity contribution in [2.24, 2.45) is 5.41 Å². The average Bonchev–Trinajstić information content (AvgIpc) is 2.91. The normalized spacial score (nSPS) is 19.5. The van der Waals surface area contributed by atoms with Gasteiger partial charge in [-0.15, -0.1) is 0 Å². The van der Waals surface area contributed by atoms with E-state index in [1.807, 2.05) is 12.1 Å². The SMILES string of the molecule is CCCNC(c1ccc(F)cc1)C1(CC)CCCC1. The molecule has 2 rings (SSSR count). The van der Waals surface area contributed by atoms with Crippen molar-refractivity contribution >= 4 is 0 Å². The smallest absolute Gasteiger partial charge is 0.123 e. The zero-order valence-electron chi connectivity index (χ0n) is 12.2. The summed E-state index contributed by atoms with van der Waals surface area (Å²) >= 11 is 0. The molecule has 0 radical (unpaired) electrons. The van der Waals surface area contributed by atoms with Crippen LogP contribution in [0.3, 0.4) is 0 Å². The van der Waals surface area contributed by atoms with Crippen molar-refractivity contribution in [2.75, 3.05) is 6.54 Å². The van der Waals surface area contributed by atoms with Crippen molar-refractivity contribution in [1.82, 2.24) is 5.32 Å². The molecule has 19 heavy (non-hydrogen) atoms. The summed E-state index contributed by atoms with van der Waals surface area (Å²) in [4.78, 5) is 0. The molecule has 1 aromatic carbocycles. The summed E-state index contributed by atoms with van der Waals surface area (Å²) in [5.41, 5.74) is 1.62. The summed E-state index contributed by atoms with van der Waals surface area (Å²) < 4.78 is 13.1. The molecule has 1 unspecified atom stereocenters. The van der Waals surface area contributed by atoms with E-state index in [-0.39, 0.29) is 5.82 Å². The van der Waals surface area contributed by atoms with Gasteiger partial charge < -0.3 is 5.32 Å². The van der Waals surface area contributed by atoms with E-state index in [0.29, 0.717) is 11.5 Å². The second-order valence-electron chi connectivity index (χ2n) is 5.86. The minimum atomic E-state index is -0.144. The predicted molar refractivity (Wildman–Crippen MR) is 78.6 cm³/mol. The third-order valence-corrected chi connectivity index (χ3v) is 4.72. The Morgan fingerprint density at radius 2 is 1.79 bits per heavy atom. The molecule has 1 atom stereocenters. The lowest BCUT2D eigenvalue weighted by Crippen LogP contribution is -2.36. The molecule has 0 aliphatic heterocycles. The van der Waals surface area contributed by atoms with Gasteiger partial charge in [-0.25, -0.2) is 4.39 Å². The summed E-state index contributed by atoms with van der Waals surface area (Å²) in [6, 6.07) is 7.47. The topological polar surface area (TPSA) is 12.0 Å². The van der Waals surface area contributed by atoms with Gasteiger partial charge in [0.05, 0.1) is 0 Å². The molecule has 0 saturated heterocycles. The van der Waals surface area contributed by atoms with Crippen LogP contribution in [0.25, 0.3) is 0 Å². The molecule has 0 amide bonds. The zero-order chi connectivity index (χ0) is 13.7. The number of rotatable bonds is 6. The van der Waals surface area contributed by atoms with Crippen molar-refractivity contribution in [1.29, 1.82) is 0 Å². The number of benzene rings is 1. The van der Waals surface area contributed by atoms with Crippen LogP contribution in [-0.2, 0) is 0 Å². The Morgan fingerprint density at radius 1 is 1.16 bits per heavy atom. The molecule has 0 bridgehead atoms. The van der Waals surface area contributed by atoms with Gasteiger partial charge in [0, 0.05) is 6.04 Å². The molecule has 1 aromatic rings. The Morgan fingerprint density at radius 3 is 2.32 bits per heavy atom. The largest absolute Gasteiger partial charge is 0.309 e. The van der Waals surface area contributed by atoms with Gasteiger partial charge in [0.15, 0.2) is 0 Å². The highest BCUT2D eigenvalue weighted by Crippen LogP contribution is 2.50. The van der Waals surface area contributed by atoms with Crippen molar-refractivity contribution < 1.29 is 4.39 Å². The van der Waals surface area contributed by atoms with Crippen LogP contribution in [0.2, 0.25) is 0 Å². The second kappa shape index (κ2) is 6.51. The van der Waals surface area contributed by atoms with Crippen LogP contribution in [-0.4, -0.2) is 6.54 Å². The monoisotopic (exact) mass is 263 g/mol. The first-order chi connectivity index (χ1) is 9.22. The van der Waals surface area contributed by atoms with Crippen molar-refractivity contribution in [3.05, 3.63) is 35.6 Å². The molecule has 1 aliphatic rings. The van der Waals surface area contributed by atoms with Gasteiger partial charge in [-0.1, -0.05) is 38.8 Å². The van der Waals surface area contributed by atoms with Gasteiger partial charge in [0.25, 0.3) is 0 Å². The fourth-order valence-electron chi connectivity index (χ4n) is 3.56. The standard InChI is InChI=1S/C17H26FN/c1-3-13-19-16(14-7-9-15(18)10-8-14)17(4-2)11-5-6-12-17/h7-10,16,19H,3-6,11-13H2,1-2H3. The summed E-state index contributed by atoms with van der Waals surface area (Å²) in [5.74, 6) is -0.144. The Kier molecular flexibility index (Phi) is 4.98. The summed E-state index contributed by atoms with van der Waals surface area (Å²) in [5, 5.41) is 3.72. The van der Waals surface area contributed by atoms with Gasteiger partial charge >= 0.3 is 0 Å². The molecule has 0 spiro atoms. The molecular weight excluding hydrogens is 237 g/mol. The first-order valence-electron chi connectivity index (χ1n) is 7.70. The first-order valence-corrected chi connectivity index (χ1v) is 7.70. The molecule has 106 valence electrons. The number of hydrogen-bond acceptors (Lipinski definition) is 1. The van der Waals surface area contributed by atoms with Crippen molar-refractivity contribution in [3.8, 4) is 0 Å². The van der Waals surface area contributed by atoms with Crippen LogP contribution in [0, 0.1) is 11.2 Å². The molecule has 1 nitrogen and oxygen atoms in total. The zero-order valence-corrected chi connectivity index (χ0v) is 12.2. The Hall–Kier alpha value is -0.890. The van der Waals surface area contributed by atoms with Gasteiger partial charge in [-0.3, -0.25) is 0 Å². The van der Waals surface area contributed by atoms with Gasteiger partial charge in [-0.05, 0) is 55.3 Å². The van der Waals surface area contributed by atoms with E-state index in [9.17, 15) is 4.39 Å². The predicted octanol–water partition coefficient (Wildman–Crippen LogP) is 4.84. The van der Waals surface area contributed by atoms with Gasteiger partial charge in [0.1, 0.15) is 5.82 Å². The van der Waals surface area contributed by atoms with Crippen LogP contribution < -0.4 is 5.32 Å². The van der Waals surface area contributed by atoms with Gasteiger partial charge in [0.2, 0.25) is 0 Å². The number of hydrogen-bond donors (Lipinski definition) is 1. The highest BCUT2D eigenvalue weighted by atomic mass is 19.1. The molecule has 1 aliphatic carbocycles. The minimum absolute atomic E-state index is 0.144. The lowest BCUT2D eigenvalue weighted by molar-refractivity contribution is 0.187. The minimum Gasteiger partial charge on any atom is -0.309 e. The van der Waals surface area contributed by atoms with Gasteiger partial charge in [-0.2, -0.15) is 0 Å². The Labute approximate surface area is 116 Å². The third-order valence-electron chi connectivity index (χ3n) is 4.72. The van der Waals surface area contributed by atoms with Crippen LogP contribution in [0.4, 0.5) is 4.39 Å². The third kappa shape index (κ3) is 3.17. The lowest BCUT2D eigenvalue weighted by Gasteiger charge is -2.38. The average molecular weight is 263 g/mol. The lowest BCUT2D eigenvalue weighted by atomic mass is 9.73. The fourth-order valence-corrected chi connectivity index (χ4v) is 3.56. The quantitative estimate of drug-likeness (QED) is 0.774. The van der Waals surface area contributed by atoms with Crippen LogP contribution in [0.15, 0.2) is 24.3 Å². The summed E-state index contributed by atoms with van der Waals surface area (Å²) in [6.45, 7) is 5.53. The number of halogens is 1. The van der Waals surface area contributed by atoms with E-state index in [1.165, 1.54) is 37.7 Å². The maximum atomic E-state index is 13.1. The summed E-state index contributed by atoms with van der Waals surface area (Å²) in [7, 11) is 0. The van der Waals surface area contributed by atoms with Crippen molar-refractivity contribution in [2.45, 2.75) is 58.4 Å². The van der Waals surface area contributed by atoms with E-state index in [4.69, 9.17) is 0 Å². The Balaban J connectivity index is 2.26. The Bertz CT molecular complexity index is 379. The fraction of sp³-hybridized carbons (Fsp3) is 0.647. The second-order valence-corrected chi connectivity index (χ2v) is 5.86. The first kappa shape index (κ1) is 14.5. The molecule has 1 saturated carbocycles. The van der Waals surface area contributed by atoms with Crippen LogP contribution >= 0.6 is 0 Å². The molecular formula is C17H26FN. The maximum absolute atomic E-state index is 13.1. The van der Waals surface area contributed by atoms with Crippen LogP contribution in [0.5, 0.6) is 0 Å². The van der Waals surface area contributed by atoms with Crippen molar-refractivity contribution in [3.63, 3.8) is 0 Å². The maximum Gasteiger partial charge on any atom is 0.123 e. The molecule has 0 heterocycles. The molecule has 1 N–H and O–H groups in total. The highest BCUT2D eigenvalue weighted by molar-refractivity contribution is 5.23. The number of nitrogens with one attached hydrogen (secondary N) is 1. The molecule has 2 heteroatoms. The van der Waals surface area contributed by atoms with E-state index < -0.39 is 0 Å². The highest BCUT2D eigenvalue weighted by Gasteiger charge is 2.40. The molecule has 1 fully saturated rings. The van der Waals surface area contributed by atoms with E-state index in [1.54, 1.807) is 12.1 Å². The van der Waals surface area contributed by atoms with E-state index in [0.717, 1.165) is 13.0 Å². The van der Waals surface area contributed by atoms with Crippen LogP contribution in [0.1, 0.15) is 64.0 Å². The summed E-state index contributed by atoms with van der Waals surface area (Å²) in [6.07, 6.45) is 7.59.